The third-order valence-corrected chi connectivity index (χ3v) is 10.2. The van der Waals surface area contributed by atoms with Crippen molar-refractivity contribution in [2.24, 2.45) is 0 Å². The minimum atomic E-state index is 0.904. The summed E-state index contributed by atoms with van der Waals surface area (Å²) >= 11 is 3.90. The molecule has 0 radical (unpaired) electrons. The molecule has 4 nitrogen and oxygen atoms in total. The molecule has 0 saturated heterocycles. The highest BCUT2D eigenvalue weighted by molar-refractivity contribution is 9.10. The Balaban J connectivity index is 1.23. The van der Waals surface area contributed by atoms with Gasteiger partial charge in [0.05, 0.1) is 32.8 Å². The fraction of sp³-hybridized carbons (Fsp3) is 0. The van der Waals surface area contributed by atoms with Crippen LogP contribution in [0.5, 0.6) is 0 Å². The maximum Gasteiger partial charge on any atom is 0.145 e. The molecular formula is C42H23BrN2O2. The average molecular weight is 668 g/mol. The van der Waals surface area contributed by atoms with Crippen LogP contribution in [0.15, 0.2) is 153 Å². The van der Waals surface area contributed by atoms with Gasteiger partial charge in [0.2, 0.25) is 0 Å². The van der Waals surface area contributed by atoms with E-state index in [1.165, 1.54) is 0 Å². The quantitative estimate of drug-likeness (QED) is 0.184. The summed E-state index contributed by atoms with van der Waals surface area (Å²) in [6, 6.07) is 49.3. The van der Waals surface area contributed by atoms with Crippen LogP contribution in [-0.2, 0) is 0 Å². The molecule has 47 heavy (non-hydrogen) atoms. The van der Waals surface area contributed by atoms with E-state index in [9.17, 15) is 0 Å². The molecule has 0 amide bonds. The predicted molar refractivity (Wildman–Crippen MR) is 197 cm³/mol. The molecule has 0 spiro atoms. The molecule has 0 bridgehead atoms. The number of fused-ring (bicyclic) bond motifs is 14. The Labute approximate surface area is 275 Å². The van der Waals surface area contributed by atoms with Crippen LogP contribution in [0, 0.1) is 0 Å². The minimum absolute atomic E-state index is 0.904. The Morgan fingerprint density at radius 1 is 0.383 bits per heavy atom. The van der Waals surface area contributed by atoms with Crippen molar-refractivity contribution in [3.05, 3.63) is 144 Å². The topological polar surface area (TPSA) is 36.1 Å². The molecule has 0 aliphatic rings. The van der Waals surface area contributed by atoms with Gasteiger partial charge < -0.3 is 18.0 Å². The lowest BCUT2D eigenvalue weighted by atomic mass is 10.1. The summed E-state index contributed by atoms with van der Waals surface area (Å²) in [6.45, 7) is 0. The smallest absolute Gasteiger partial charge is 0.145 e. The van der Waals surface area contributed by atoms with Gasteiger partial charge in [0, 0.05) is 48.2 Å². The number of hydrogen-bond acceptors (Lipinski definition) is 2. The molecule has 0 aliphatic carbocycles. The molecule has 0 N–H and O–H groups in total. The molecule has 0 unspecified atom stereocenters. The fourth-order valence-electron chi connectivity index (χ4n) is 7.84. The van der Waals surface area contributed by atoms with Crippen molar-refractivity contribution in [1.29, 1.82) is 0 Å². The van der Waals surface area contributed by atoms with Gasteiger partial charge in [-0.3, -0.25) is 0 Å². The van der Waals surface area contributed by atoms with E-state index in [1.807, 2.05) is 24.3 Å². The molecule has 0 atom stereocenters. The molecule has 0 saturated carbocycles. The lowest BCUT2D eigenvalue weighted by Gasteiger charge is -2.14. The molecule has 11 rings (SSSR count). The van der Waals surface area contributed by atoms with E-state index in [4.69, 9.17) is 8.83 Å². The number of benzene rings is 7. The number of furan rings is 2. The molecule has 4 heterocycles. The number of aromatic nitrogens is 2. The van der Waals surface area contributed by atoms with Crippen LogP contribution in [0.3, 0.4) is 0 Å². The predicted octanol–water partition coefficient (Wildman–Crippen LogP) is 12.4. The second-order valence-corrected chi connectivity index (χ2v) is 13.2. The van der Waals surface area contributed by atoms with Gasteiger partial charge in [-0.05, 0) is 66.7 Å². The molecule has 11 aromatic rings. The van der Waals surface area contributed by atoms with Crippen molar-refractivity contribution in [2.75, 3.05) is 0 Å². The number of nitrogens with zero attached hydrogens (tertiary/aromatic N) is 2. The maximum absolute atomic E-state index is 6.55. The van der Waals surface area contributed by atoms with E-state index >= 15 is 0 Å². The normalized spacial score (nSPS) is 12.4. The zero-order valence-electron chi connectivity index (χ0n) is 24.9. The first-order valence-electron chi connectivity index (χ1n) is 15.7. The highest BCUT2D eigenvalue weighted by Crippen LogP contribution is 2.43. The Morgan fingerprint density at radius 3 is 1.30 bits per heavy atom. The third-order valence-electron chi connectivity index (χ3n) is 9.74. The highest BCUT2D eigenvalue weighted by Gasteiger charge is 2.21. The van der Waals surface area contributed by atoms with Crippen LogP contribution in [0.25, 0.3) is 98.9 Å². The van der Waals surface area contributed by atoms with Gasteiger partial charge in [0.1, 0.15) is 22.3 Å². The van der Waals surface area contributed by atoms with Crippen LogP contribution >= 0.6 is 15.9 Å². The number of halogens is 1. The van der Waals surface area contributed by atoms with E-state index in [2.05, 4.69) is 140 Å². The van der Waals surface area contributed by atoms with Crippen LogP contribution in [0.4, 0.5) is 0 Å². The first-order valence-corrected chi connectivity index (χ1v) is 16.5. The van der Waals surface area contributed by atoms with E-state index in [-0.39, 0.29) is 0 Å². The Morgan fingerprint density at radius 2 is 0.809 bits per heavy atom. The van der Waals surface area contributed by atoms with Crippen LogP contribution < -0.4 is 0 Å². The number of para-hydroxylation sites is 4. The van der Waals surface area contributed by atoms with Gasteiger partial charge >= 0.3 is 0 Å². The monoisotopic (exact) mass is 666 g/mol. The summed E-state index contributed by atoms with van der Waals surface area (Å²) in [5, 5.41) is 9.11. The summed E-state index contributed by atoms with van der Waals surface area (Å²) in [5.41, 5.74) is 10.2. The van der Waals surface area contributed by atoms with Gasteiger partial charge in [-0.1, -0.05) is 88.7 Å². The Hall–Kier alpha value is -5.78. The highest BCUT2D eigenvalue weighted by atomic mass is 79.9. The first-order chi connectivity index (χ1) is 23.2. The maximum atomic E-state index is 6.55. The van der Waals surface area contributed by atoms with Gasteiger partial charge in [0.25, 0.3) is 0 Å². The van der Waals surface area contributed by atoms with Crippen molar-refractivity contribution in [3.8, 4) is 11.4 Å². The van der Waals surface area contributed by atoms with Crippen molar-refractivity contribution < 1.29 is 8.83 Å². The molecule has 7 aromatic carbocycles. The second kappa shape index (κ2) is 9.15. The largest absolute Gasteiger partial charge is 0.455 e. The summed E-state index contributed by atoms with van der Waals surface area (Å²) in [6.07, 6.45) is 0. The fourth-order valence-corrected chi connectivity index (χ4v) is 8.31. The van der Waals surface area contributed by atoms with Gasteiger partial charge in [0.15, 0.2) is 0 Å². The van der Waals surface area contributed by atoms with Crippen LogP contribution in [-0.4, -0.2) is 9.13 Å². The van der Waals surface area contributed by atoms with E-state index in [0.717, 1.165) is 103 Å². The molecule has 5 heteroatoms. The Kier molecular flexibility index (Phi) is 4.95. The summed E-state index contributed by atoms with van der Waals surface area (Å²) in [5.74, 6) is 0. The SMILES string of the molecule is Brc1cc(-n2c3ccccc3c3c4oc5ccccc5c4ccc32)cc(-n2c3ccccc3c3c4oc5ccccc5c4ccc32)c1. The van der Waals surface area contributed by atoms with E-state index in [0.29, 0.717) is 0 Å². The minimum Gasteiger partial charge on any atom is -0.455 e. The summed E-state index contributed by atoms with van der Waals surface area (Å²) in [4.78, 5) is 0. The molecule has 4 aromatic heterocycles. The molecular weight excluding hydrogens is 644 g/mol. The Bertz CT molecular complexity index is 2890. The standard InChI is InChI=1S/C42H23BrN2O2/c43-24-21-25(44-33-13-5-1-11-31(33)39-35(44)19-17-29-27-9-3-7-15-37(27)46-41(29)39)23-26(22-24)45-34-14-6-2-12-32(34)40-36(45)20-18-30-28-10-4-8-16-38(28)47-42(30)40/h1-23H. The van der Waals surface area contributed by atoms with Gasteiger partial charge in [-0.15, -0.1) is 0 Å². The van der Waals surface area contributed by atoms with Gasteiger partial charge in [-0.2, -0.15) is 0 Å². The zero-order valence-corrected chi connectivity index (χ0v) is 26.5. The van der Waals surface area contributed by atoms with Gasteiger partial charge in [-0.25, -0.2) is 0 Å². The number of rotatable bonds is 2. The lowest BCUT2D eigenvalue weighted by molar-refractivity contribution is 0.672. The molecule has 0 fully saturated rings. The van der Waals surface area contributed by atoms with Crippen molar-refractivity contribution >= 4 is 103 Å². The van der Waals surface area contributed by atoms with Crippen LogP contribution in [0.1, 0.15) is 0 Å². The molecule has 220 valence electrons. The first kappa shape index (κ1) is 25.4. The zero-order chi connectivity index (χ0) is 30.8. The lowest BCUT2D eigenvalue weighted by Crippen LogP contribution is -1.99. The average Bonchev–Trinajstić information content (AvgIpc) is 3.85. The van der Waals surface area contributed by atoms with Crippen molar-refractivity contribution in [1.82, 2.24) is 9.13 Å². The van der Waals surface area contributed by atoms with E-state index < -0.39 is 0 Å². The van der Waals surface area contributed by atoms with Crippen molar-refractivity contribution in [3.63, 3.8) is 0 Å². The third kappa shape index (κ3) is 3.36. The van der Waals surface area contributed by atoms with Crippen molar-refractivity contribution in [2.45, 2.75) is 0 Å². The van der Waals surface area contributed by atoms with E-state index in [1.54, 1.807) is 0 Å². The molecule has 0 aliphatic heterocycles. The summed E-state index contributed by atoms with van der Waals surface area (Å²) < 4.78 is 18.8. The number of hydrogen-bond donors (Lipinski definition) is 0. The van der Waals surface area contributed by atoms with Crippen LogP contribution in [0.2, 0.25) is 0 Å². The second-order valence-electron chi connectivity index (χ2n) is 12.2. The summed E-state index contributed by atoms with van der Waals surface area (Å²) in [7, 11) is 0.